The Hall–Kier alpha value is -3.64. The number of anilines is 1. The Balaban J connectivity index is 1.81. The number of aromatic nitrogens is 1. The van der Waals surface area contributed by atoms with E-state index in [-0.39, 0.29) is 18.1 Å². The SMILES string of the molecule is COc1ccc(Cl)cc1NC1=C(c2ccc(C)c(C)c2)C(=O)N(Cc2ccncc2)C1=O. The number of amides is 2. The lowest BCUT2D eigenvalue weighted by atomic mass is 9.99. The smallest absolute Gasteiger partial charge is 0.278 e. The largest absolute Gasteiger partial charge is 0.495 e. The lowest BCUT2D eigenvalue weighted by Crippen LogP contribution is -2.32. The van der Waals surface area contributed by atoms with E-state index in [1.165, 1.54) is 12.0 Å². The highest BCUT2D eigenvalue weighted by atomic mass is 35.5. The van der Waals surface area contributed by atoms with E-state index < -0.39 is 5.91 Å². The van der Waals surface area contributed by atoms with Gasteiger partial charge in [-0.3, -0.25) is 19.5 Å². The van der Waals surface area contributed by atoms with Crippen LogP contribution in [0, 0.1) is 13.8 Å². The highest BCUT2D eigenvalue weighted by Gasteiger charge is 2.39. The Kier molecular flexibility index (Phi) is 5.97. The Morgan fingerprint density at radius 3 is 2.41 bits per heavy atom. The van der Waals surface area contributed by atoms with E-state index in [0.29, 0.717) is 27.6 Å². The van der Waals surface area contributed by atoms with Crippen molar-refractivity contribution in [1.82, 2.24) is 9.88 Å². The van der Waals surface area contributed by atoms with Crippen molar-refractivity contribution in [2.75, 3.05) is 12.4 Å². The molecule has 0 unspecified atom stereocenters. The van der Waals surface area contributed by atoms with Gasteiger partial charge in [-0.15, -0.1) is 0 Å². The van der Waals surface area contributed by atoms with Gasteiger partial charge in [-0.1, -0.05) is 29.8 Å². The summed E-state index contributed by atoms with van der Waals surface area (Å²) in [6.07, 6.45) is 3.27. The van der Waals surface area contributed by atoms with Crippen molar-refractivity contribution in [3.63, 3.8) is 0 Å². The predicted molar refractivity (Wildman–Crippen MR) is 124 cm³/mol. The fraction of sp³-hybridized carbons (Fsp3) is 0.160. The molecule has 7 heteroatoms. The molecule has 0 saturated carbocycles. The Morgan fingerprint density at radius 1 is 0.969 bits per heavy atom. The highest BCUT2D eigenvalue weighted by Crippen LogP contribution is 2.35. The number of rotatable bonds is 6. The molecule has 6 nitrogen and oxygen atoms in total. The first-order valence-corrected chi connectivity index (χ1v) is 10.4. The number of methoxy groups -OCH3 is 1. The molecule has 2 aromatic carbocycles. The molecule has 0 radical (unpaired) electrons. The standard InChI is InChI=1S/C25H22ClN3O3/c1-15-4-5-18(12-16(15)2)22-23(28-20-13-19(26)6-7-21(20)32-3)25(31)29(24(22)30)14-17-8-10-27-11-9-17/h4-13,28H,14H2,1-3H3. The maximum absolute atomic E-state index is 13.5. The number of nitrogens with one attached hydrogen (secondary N) is 1. The van der Waals surface area contributed by atoms with Crippen LogP contribution < -0.4 is 10.1 Å². The Labute approximate surface area is 191 Å². The van der Waals surface area contributed by atoms with Crippen LogP contribution in [0.2, 0.25) is 5.02 Å². The highest BCUT2D eigenvalue weighted by molar-refractivity contribution is 6.36. The fourth-order valence-corrected chi connectivity index (χ4v) is 3.76. The second-order valence-electron chi connectivity index (χ2n) is 7.57. The van der Waals surface area contributed by atoms with Crippen molar-refractivity contribution in [3.8, 4) is 5.75 Å². The second-order valence-corrected chi connectivity index (χ2v) is 8.01. The monoisotopic (exact) mass is 447 g/mol. The van der Waals surface area contributed by atoms with Crippen LogP contribution >= 0.6 is 11.6 Å². The molecule has 0 aliphatic carbocycles. The quantitative estimate of drug-likeness (QED) is 0.552. The molecule has 0 spiro atoms. The van der Waals surface area contributed by atoms with Crippen LogP contribution in [0.5, 0.6) is 5.75 Å². The average Bonchev–Trinajstić information content (AvgIpc) is 3.01. The van der Waals surface area contributed by atoms with Crippen molar-refractivity contribution in [2.24, 2.45) is 0 Å². The molecule has 3 aromatic rings. The minimum atomic E-state index is -0.415. The number of carbonyl (C=O) groups is 2. The number of aryl methyl sites for hydroxylation is 2. The predicted octanol–water partition coefficient (Wildman–Crippen LogP) is 4.75. The first kappa shape index (κ1) is 21.6. The summed E-state index contributed by atoms with van der Waals surface area (Å²) in [6.45, 7) is 4.12. The first-order chi connectivity index (χ1) is 15.4. The molecule has 32 heavy (non-hydrogen) atoms. The molecule has 0 fully saturated rings. The normalized spacial score (nSPS) is 13.7. The molecule has 1 N–H and O–H groups in total. The van der Waals surface area contributed by atoms with Gasteiger partial charge in [0.2, 0.25) is 0 Å². The zero-order valence-corrected chi connectivity index (χ0v) is 18.7. The molecule has 2 amide bonds. The molecule has 0 saturated heterocycles. The summed E-state index contributed by atoms with van der Waals surface area (Å²) in [4.78, 5) is 32.1. The van der Waals surface area contributed by atoms with Gasteiger partial charge in [0.1, 0.15) is 11.4 Å². The Morgan fingerprint density at radius 2 is 1.72 bits per heavy atom. The lowest BCUT2D eigenvalue weighted by molar-refractivity contribution is -0.137. The molecule has 162 valence electrons. The van der Waals surface area contributed by atoms with E-state index in [9.17, 15) is 9.59 Å². The van der Waals surface area contributed by atoms with E-state index in [1.54, 1.807) is 42.7 Å². The zero-order chi connectivity index (χ0) is 22.8. The molecule has 2 heterocycles. The number of hydrogen-bond acceptors (Lipinski definition) is 5. The summed E-state index contributed by atoms with van der Waals surface area (Å²) in [5.41, 5.74) is 4.62. The lowest BCUT2D eigenvalue weighted by Gasteiger charge is -2.16. The second kappa shape index (κ2) is 8.85. The minimum Gasteiger partial charge on any atom is -0.495 e. The summed E-state index contributed by atoms with van der Waals surface area (Å²) in [6, 6.07) is 14.3. The minimum absolute atomic E-state index is 0.145. The summed E-state index contributed by atoms with van der Waals surface area (Å²) in [5.74, 6) is -0.269. The van der Waals surface area contributed by atoms with Crippen molar-refractivity contribution in [3.05, 3.63) is 93.9 Å². The van der Waals surface area contributed by atoms with E-state index in [1.807, 2.05) is 32.0 Å². The van der Waals surface area contributed by atoms with Gasteiger partial charge in [0.25, 0.3) is 11.8 Å². The molecule has 1 aliphatic heterocycles. The van der Waals surface area contributed by atoms with E-state index >= 15 is 0 Å². The number of imide groups is 1. The summed E-state index contributed by atoms with van der Waals surface area (Å²) in [5, 5.41) is 3.60. The van der Waals surface area contributed by atoms with Crippen molar-refractivity contribution < 1.29 is 14.3 Å². The van der Waals surface area contributed by atoms with Crippen molar-refractivity contribution >= 4 is 34.7 Å². The third kappa shape index (κ3) is 4.09. The van der Waals surface area contributed by atoms with Crippen LogP contribution in [-0.2, 0) is 16.1 Å². The molecule has 1 aliphatic rings. The topological polar surface area (TPSA) is 71.5 Å². The number of pyridine rings is 1. The van der Waals surface area contributed by atoms with Gasteiger partial charge in [0, 0.05) is 17.4 Å². The molecule has 0 bridgehead atoms. The number of halogens is 1. The van der Waals surface area contributed by atoms with E-state index in [0.717, 1.165) is 16.7 Å². The van der Waals surface area contributed by atoms with Gasteiger partial charge in [-0.2, -0.15) is 0 Å². The molecule has 0 atom stereocenters. The van der Waals surface area contributed by atoms with E-state index in [4.69, 9.17) is 16.3 Å². The summed E-state index contributed by atoms with van der Waals surface area (Å²) >= 11 is 6.17. The van der Waals surface area contributed by atoms with Gasteiger partial charge in [0.05, 0.1) is 24.9 Å². The van der Waals surface area contributed by atoms with Gasteiger partial charge in [-0.25, -0.2) is 0 Å². The van der Waals surface area contributed by atoms with Crippen LogP contribution in [0.3, 0.4) is 0 Å². The van der Waals surface area contributed by atoms with Crippen LogP contribution in [0.15, 0.2) is 66.6 Å². The number of carbonyl (C=O) groups excluding carboxylic acids is 2. The number of hydrogen-bond donors (Lipinski definition) is 1. The number of ether oxygens (including phenoxy) is 1. The van der Waals surface area contributed by atoms with Crippen LogP contribution in [0.1, 0.15) is 22.3 Å². The molecule has 4 rings (SSSR count). The van der Waals surface area contributed by atoms with Crippen LogP contribution in [0.25, 0.3) is 5.57 Å². The van der Waals surface area contributed by atoms with E-state index in [2.05, 4.69) is 10.3 Å². The van der Waals surface area contributed by atoms with Crippen LogP contribution in [-0.4, -0.2) is 28.8 Å². The third-order valence-corrected chi connectivity index (χ3v) is 5.71. The Bertz CT molecular complexity index is 1240. The third-order valence-electron chi connectivity index (χ3n) is 5.47. The molecular weight excluding hydrogens is 426 g/mol. The first-order valence-electron chi connectivity index (χ1n) is 10.1. The fourth-order valence-electron chi connectivity index (χ4n) is 3.58. The van der Waals surface area contributed by atoms with Gasteiger partial charge in [-0.05, 0) is 66.4 Å². The zero-order valence-electron chi connectivity index (χ0n) is 18.0. The maximum atomic E-state index is 13.5. The molecular formula is C25H22ClN3O3. The van der Waals surface area contributed by atoms with Crippen LogP contribution in [0.4, 0.5) is 5.69 Å². The van der Waals surface area contributed by atoms with Crippen molar-refractivity contribution in [1.29, 1.82) is 0 Å². The van der Waals surface area contributed by atoms with Gasteiger partial charge in [0.15, 0.2) is 0 Å². The van der Waals surface area contributed by atoms with Gasteiger partial charge >= 0.3 is 0 Å². The van der Waals surface area contributed by atoms with Crippen molar-refractivity contribution in [2.45, 2.75) is 20.4 Å². The summed E-state index contributed by atoms with van der Waals surface area (Å²) in [7, 11) is 1.53. The number of benzene rings is 2. The average molecular weight is 448 g/mol. The summed E-state index contributed by atoms with van der Waals surface area (Å²) < 4.78 is 5.41. The number of nitrogens with zero attached hydrogens (tertiary/aromatic N) is 2. The van der Waals surface area contributed by atoms with Gasteiger partial charge < -0.3 is 10.1 Å². The maximum Gasteiger partial charge on any atom is 0.278 e. The molecule has 1 aromatic heterocycles.